The van der Waals surface area contributed by atoms with Gasteiger partial charge in [0.05, 0.1) is 0 Å². The largest absolute Gasteiger partial charge is 0.297 e. The minimum absolute atomic E-state index is 0.160. The molecule has 1 heterocycles. The number of halogens is 1. The Balaban J connectivity index is 1.49. The molecular weight excluding hydrogens is 275 g/mol. The normalized spacial score (nSPS) is 16.8. The number of piperazine rings is 1. The Bertz CT molecular complexity index is 601. The summed E-state index contributed by atoms with van der Waals surface area (Å²) in [6.07, 6.45) is 0. The number of nitrogens with zero attached hydrogens (tertiary/aromatic N) is 2. The highest BCUT2D eigenvalue weighted by Gasteiger charge is 2.17. The van der Waals surface area contributed by atoms with Crippen LogP contribution in [0.3, 0.4) is 0 Å². The van der Waals surface area contributed by atoms with E-state index in [1.165, 1.54) is 16.7 Å². The van der Waals surface area contributed by atoms with Crippen molar-refractivity contribution >= 4 is 0 Å². The van der Waals surface area contributed by atoms with Gasteiger partial charge >= 0.3 is 0 Å². The van der Waals surface area contributed by atoms with Crippen LogP contribution in [0.1, 0.15) is 16.7 Å². The molecule has 116 valence electrons. The SMILES string of the molecule is Cc1cccc(CN2CCN(Cc3ccc(F)cc3)CC2)c1. The van der Waals surface area contributed by atoms with Crippen LogP contribution in [0, 0.1) is 12.7 Å². The van der Waals surface area contributed by atoms with Gasteiger partial charge < -0.3 is 0 Å². The van der Waals surface area contributed by atoms with Gasteiger partial charge in [-0.3, -0.25) is 9.80 Å². The van der Waals surface area contributed by atoms with Crippen LogP contribution in [-0.2, 0) is 13.1 Å². The lowest BCUT2D eigenvalue weighted by Gasteiger charge is -2.34. The predicted molar refractivity (Wildman–Crippen MR) is 88.1 cm³/mol. The van der Waals surface area contributed by atoms with Gasteiger partial charge in [0.1, 0.15) is 5.82 Å². The van der Waals surface area contributed by atoms with Crippen LogP contribution in [0.25, 0.3) is 0 Å². The zero-order valence-corrected chi connectivity index (χ0v) is 13.1. The second-order valence-corrected chi connectivity index (χ2v) is 6.17. The zero-order valence-electron chi connectivity index (χ0n) is 13.1. The first-order chi connectivity index (χ1) is 10.7. The maximum Gasteiger partial charge on any atom is 0.123 e. The molecule has 0 aliphatic carbocycles. The van der Waals surface area contributed by atoms with E-state index < -0.39 is 0 Å². The molecule has 0 amide bonds. The van der Waals surface area contributed by atoms with E-state index in [0.717, 1.165) is 39.3 Å². The molecule has 0 saturated carbocycles. The summed E-state index contributed by atoms with van der Waals surface area (Å²) in [6, 6.07) is 15.6. The highest BCUT2D eigenvalue weighted by Crippen LogP contribution is 2.13. The second kappa shape index (κ2) is 7.03. The van der Waals surface area contributed by atoms with Gasteiger partial charge in [-0.2, -0.15) is 0 Å². The van der Waals surface area contributed by atoms with E-state index in [4.69, 9.17) is 0 Å². The molecule has 0 radical (unpaired) electrons. The summed E-state index contributed by atoms with van der Waals surface area (Å²) in [6.45, 7) is 8.42. The number of aryl methyl sites for hydroxylation is 1. The fourth-order valence-electron chi connectivity index (χ4n) is 3.02. The Morgan fingerprint density at radius 1 is 0.818 bits per heavy atom. The fourth-order valence-corrected chi connectivity index (χ4v) is 3.02. The van der Waals surface area contributed by atoms with Crippen LogP contribution >= 0.6 is 0 Å². The molecule has 1 aliphatic rings. The van der Waals surface area contributed by atoms with Gasteiger partial charge in [0.25, 0.3) is 0 Å². The topological polar surface area (TPSA) is 6.48 Å². The molecule has 0 unspecified atom stereocenters. The molecule has 2 aromatic carbocycles. The van der Waals surface area contributed by atoms with Gasteiger partial charge in [0.2, 0.25) is 0 Å². The number of hydrogen-bond donors (Lipinski definition) is 0. The molecule has 2 aromatic rings. The number of benzene rings is 2. The molecule has 0 bridgehead atoms. The van der Waals surface area contributed by atoms with Crippen molar-refractivity contribution in [1.29, 1.82) is 0 Å². The standard InChI is InChI=1S/C19H23FN2/c1-16-3-2-4-18(13-16)15-22-11-9-21(10-12-22)14-17-5-7-19(20)8-6-17/h2-8,13H,9-12,14-15H2,1H3. The first kappa shape index (κ1) is 15.2. The highest BCUT2D eigenvalue weighted by atomic mass is 19.1. The van der Waals surface area contributed by atoms with Gasteiger partial charge in [-0.05, 0) is 30.2 Å². The molecule has 1 fully saturated rings. The molecule has 2 nitrogen and oxygen atoms in total. The minimum Gasteiger partial charge on any atom is -0.297 e. The third kappa shape index (κ3) is 4.15. The van der Waals surface area contributed by atoms with E-state index in [1.54, 1.807) is 12.1 Å². The van der Waals surface area contributed by atoms with E-state index in [9.17, 15) is 4.39 Å². The monoisotopic (exact) mass is 298 g/mol. The second-order valence-electron chi connectivity index (χ2n) is 6.17. The third-order valence-corrected chi connectivity index (χ3v) is 4.27. The Labute approximate surface area is 132 Å². The summed E-state index contributed by atoms with van der Waals surface area (Å²) in [5.74, 6) is -0.160. The molecular formula is C19H23FN2. The van der Waals surface area contributed by atoms with Gasteiger partial charge in [-0.15, -0.1) is 0 Å². The molecule has 0 atom stereocenters. The quantitative estimate of drug-likeness (QED) is 0.853. The smallest absolute Gasteiger partial charge is 0.123 e. The molecule has 3 heteroatoms. The van der Waals surface area contributed by atoms with Crippen molar-refractivity contribution < 1.29 is 4.39 Å². The van der Waals surface area contributed by atoms with Crippen LogP contribution < -0.4 is 0 Å². The Kier molecular flexibility index (Phi) is 4.86. The summed E-state index contributed by atoms with van der Waals surface area (Å²) < 4.78 is 12.9. The van der Waals surface area contributed by atoms with Crippen LogP contribution in [-0.4, -0.2) is 36.0 Å². The summed E-state index contributed by atoms with van der Waals surface area (Å²) in [4.78, 5) is 4.95. The van der Waals surface area contributed by atoms with E-state index in [-0.39, 0.29) is 5.82 Å². The van der Waals surface area contributed by atoms with Crippen LogP contribution in [0.2, 0.25) is 0 Å². The van der Waals surface area contributed by atoms with Crippen LogP contribution in [0.15, 0.2) is 48.5 Å². The van der Waals surface area contributed by atoms with Crippen molar-refractivity contribution in [2.75, 3.05) is 26.2 Å². The minimum atomic E-state index is -0.160. The van der Waals surface area contributed by atoms with Crippen LogP contribution in [0.4, 0.5) is 4.39 Å². The fraction of sp³-hybridized carbons (Fsp3) is 0.368. The Morgan fingerprint density at radius 2 is 1.41 bits per heavy atom. The van der Waals surface area contributed by atoms with E-state index in [2.05, 4.69) is 41.0 Å². The van der Waals surface area contributed by atoms with Gasteiger partial charge in [0, 0.05) is 39.3 Å². The van der Waals surface area contributed by atoms with Crippen molar-refractivity contribution in [1.82, 2.24) is 9.80 Å². The summed E-state index contributed by atoms with van der Waals surface area (Å²) in [5, 5.41) is 0. The van der Waals surface area contributed by atoms with Crippen molar-refractivity contribution in [3.63, 3.8) is 0 Å². The first-order valence-electron chi connectivity index (χ1n) is 7.94. The molecule has 0 spiro atoms. The molecule has 0 aromatic heterocycles. The van der Waals surface area contributed by atoms with Crippen molar-refractivity contribution in [2.45, 2.75) is 20.0 Å². The maximum atomic E-state index is 12.9. The van der Waals surface area contributed by atoms with Crippen LogP contribution in [0.5, 0.6) is 0 Å². The molecule has 1 saturated heterocycles. The van der Waals surface area contributed by atoms with E-state index in [0.29, 0.717) is 0 Å². The first-order valence-corrected chi connectivity index (χ1v) is 7.94. The predicted octanol–water partition coefficient (Wildman–Crippen LogP) is 3.45. The highest BCUT2D eigenvalue weighted by molar-refractivity contribution is 5.22. The number of hydrogen-bond acceptors (Lipinski definition) is 2. The van der Waals surface area contributed by atoms with Crippen molar-refractivity contribution in [2.24, 2.45) is 0 Å². The average molecular weight is 298 g/mol. The average Bonchev–Trinajstić information content (AvgIpc) is 2.52. The molecule has 3 rings (SSSR count). The zero-order chi connectivity index (χ0) is 15.4. The summed E-state index contributed by atoms with van der Waals surface area (Å²) in [7, 11) is 0. The lowest BCUT2D eigenvalue weighted by molar-refractivity contribution is 0.122. The van der Waals surface area contributed by atoms with Gasteiger partial charge in [0.15, 0.2) is 0 Å². The molecule has 22 heavy (non-hydrogen) atoms. The lowest BCUT2D eigenvalue weighted by atomic mass is 10.1. The Morgan fingerprint density at radius 3 is 2.00 bits per heavy atom. The maximum absolute atomic E-state index is 12.9. The van der Waals surface area contributed by atoms with Gasteiger partial charge in [-0.25, -0.2) is 4.39 Å². The van der Waals surface area contributed by atoms with Gasteiger partial charge in [-0.1, -0.05) is 42.0 Å². The van der Waals surface area contributed by atoms with Crippen molar-refractivity contribution in [3.05, 3.63) is 71.0 Å². The third-order valence-electron chi connectivity index (χ3n) is 4.27. The number of rotatable bonds is 4. The van der Waals surface area contributed by atoms with Crippen molar-refractivity contribution in [3.8, 4) is 0 Å². The molecule has 0 N–H and O–H groups in total. The lowest BCUT2D eigenvalue weighted by Crippen LogP contribution is -2.45. The Hall–Kier alpha value is -1.71. The molecule has 1 aliphatic heterocycles. The van der Waals surface area contributed by atoms with E-state index in [1.807, 2.05) is 12.1 Å². The van der Waals surface area contributed by atoms with E-state index >= 15 is 0 Å². The summed E-state index contributed by atoms with van der Waals surface area (Å²) in [5.41, 5.74) is 3.91. The summed E-state index contributed by atoms with van der Waals surface area (Å²) >= 11 is 0.